The van der Waals surface area contributed by atoms with Crippen molar-refractivity contribution in [1.29, 1.82) is 0 Å². The average Bonchev–Trinajstić information content (AvgIpc) is 2.70. The molecular weight excluding hydrogens is 204 g/mol. The minimum absolute atomic E-state index is 0.0298. The van der Waals surface area contributed by atoms with Gasteiger partial charge in [-0.3, -0.25) is 4.79 Å². The number of carbonyl (C=O) groups excluding carboxylic acids is 1. The van der Waals surface area contributed by atoms with Crippen LogP contribution in [0, 0.1) is 5.92 Å². The largest absolute Gasteiger partial charge is 0.489 e. The zero-order valence-electron chi connectivity index (χ0n) is 9.56. The van der Waals surface area contributed by atoms with Gasteiger partial charge in [-0.05, 0) is 30.7 Å². The van der Waals surface area contributed by atoms with E-state index in [1.54, 1.807) is 13.0 Å². The Morgan fingerprint density at radius 3 is 3.00 bits per heavy atom. The van der Waals surface area contributed by atoms with Crippen LogP contribution in [0.4, 0.5) is 0 Å². The van der Waals surface area contributed by atoms with Crippen LogP contribution in [0.25, 0.3) is 0 Å². The molecule has 0 amide bonds. The number of Topliss-reactive ketones (excluding diaryl/α,β-unsaturated/α-hetero) is 1. The maximum atomic E-state index is 11.2. The number of ether oxygens (including phenoxy) is 1. The number of benzene rings is 1. The summed E-state index contributed by atoms with van der Waals surface area (Å²) in [5.74, 6) is 1.03. The first-order valence-electron chi connectivity index (χ1n) is 5.53. The van der Waals surface area contributed by atoms with Crippen molar-refractivity contribution in [3.05, 3.63) is 29.3 Å². The van der Waals surface area contributed by atoms with E-state index in [4.69, 9.17) is 9.84 Å². The Balaban J connectivity index is 2.21. The summed E-state index contributed by atoms with van der Waals surface area (Å²) in [6.07, 6.45) is 0.806. The number of fused-ring (bicyclic) bond motifs is 1. The van der Waals surface area contributed by atoms with Crippen molar-refractivity contribution in [1.82, 2.24) is 0 Å². The lowest BCUT2D eigenvalue weighted by Gasteiger charge is -2.16. The van der Waals surface area contributed by atoms with E-state index in [-0.39, 0.29) is 24.4 Å². The molecule has 3 nitrogen and oxygen atoms in total. The van der Waals surface area contributed by atoms with Crippen molar-refractivity contribution in [3.8, 4) is 5.75 Å². The summed E-state index contributed by atoms with van der Waals surface area (Å²) in [6.45, 7) is 3.64. The monoisotopic (exact) mass is 220 g/mol. The molecule has 0 aromatic heterocycles. The van der Waals surface area contributed by atoms with Gasteiger partial charge in [-0.25, -0.2) is 0 Å². The van der Waals surface area contributed by atoms with Gasteiger partial charge in [0.25, 0.3) is 0 Å². The molecule has 3 heteroatoms. The Morgan fingerprint density at radius 1 is 1.62 bits per heavy atom. The number of hydrogen-bond donors (Lipinski definition) is 1. The summed E-state index contributed by atoms with van der Waals surface area (Å²) in [7, 11) is 0. The summed E-state index contributed by atoms with van der Waals surface area (Å²) in [4.78, 5) is 11.2. The molecule has 0 radical (unpaired) electrons. The second kappa shape index (κ2) is 4.26. The predicted octanol–water partition coefficient (Wildman–Crippen LogP) is 1.82. The SMILES string of the molecule is CC(=O)c1ccc2c(c1)C[C@@H]([C@H](C)CO)O2. The quantitative estimate of drug-likeness (QED) is 0.790. The van der Waals surface area contributed by atoms with E-state index >= 15 is 0 Å². The van der Waals surface area contributed by atoms with Crippen LogP contribution >= 0.6 is 0 Å². The van der Waals surface area contributed by atoms with Crippen molar-refractivity contribution in [2.45, 2.75) is 26.4 Å². The van der Waals surface area contributed by atoms with Crippen molar-refractivity contribution >= 4 is 5.78 Å². The van der Waals surface area contributed by atoms with Crippen LogP contribution in [0.1, 0.15) is 29.8 Å². The van der Waals surface area contributed by atoms with E-state index < -0.39 is 0 Å². The molecule has 1 aliphatic rings. The predicted molar refractivity (Wildman–Crippen MR) is 60.8 cm³/mol. The molecule has 1 heterocycles. The molecule has 2 atom stereocenters. The topological polar surface area (TPSA) is 46.5 Å². The Kier molecular flexibility index (Phi) is 2.97. The van der Waals surface area contributed by atoms with Gasteiger partial charge in [-0.2, -0.15) is 0 Å². The van der Waals surface area contributed by atoms with Gasteiger partial charge in [0.15, 0.2) is 5.78 Å². The van der Waals surface area contributed by atoms with Crippen LogP contribution in [-0.4, -0.2) is 23.6 Å². The number of aliphatic hydroxyl groups is 1. The summed E-state index contributed by atoms with van der Waals surface area (Å²) >= 11 is 0. The highest BCUT2D eigenvalue weighted by Crippen LogP contribution is 2.32. The Hall–Kier alpha value is -1.35. The number of hydrogen-bond acceptors (Lipinski definition) is 3. The molecule has 1 N–H and O–H groups in total. The van der Waals surface area contributed by atoms with E-state index in [9.17, 15) is 4.79 Å². The van der Waals surface area contributed by atoms with E-state index in [1.807, 2.05) is 19.1 Å². The number of rotatable bonds is 3. The molecule has 0 spiro atoms. The van der Waals surface area contributed by atoms with Gasteiger partial charge in [-0.15, -0.1) is 0 Å². The van der Waals surface area contributed by atoms with E-state index in [1.165, 1.54) is 0 Å². The van der Waals surface area contributed by atoms with E-state index in [2.05, 4.69) is 0 Å². The Bertz CT molecular complexity index is 412. The average molecular weight is 220 g/mol. The molecule has 0 saturated heterocycles. The molecule has 0 unspecified atom stereocenters. The lowest BCUT2D eigenvalue weighted by Crippen LogP contribution is -2.25. The third-order valence-corrected chi connectivity index (χ3v) is 3.09. The van der Waals surface area contributed by atoms with Crippen molar-refractivity contribution in [2.75, 3.05) is 6.61 Å². The van der Waals surface area contributed by atoms with Gasteiger partial charge >= 0.3 is 0 Å². The highest BCUT2D eigenvalue weighted by Gasteiger charge is 2.27. The van der Waals surface area contributed by atoms with Crippen LogP contribution < -0.4 is 4.74 Å². The number of ketones is 1. The first kappa shape index (κ1) is 11.1. The summed E-state index contributed by atoms with van der Waals surface area (Å²) < 4.78 is 5.72. The standard InChI is InChI=1S/C13H16O3/c1-8(7-14)13-6-11-5-10(9(2)15)3-4-12(11)16-13/h3-5,8,13-14H,6-7H2,1-2H3/t8-,13+/m1/s1. The molecule has 1 aliphatic heterocycles. The van der Waals surface area contributed by atoms with Gasteiger partial charge in [-0.1, -0.05) is 6.92 Å². The normalized spacial score (nSPS) is 20.1. The van der Waals surface area contributed by atoms with E-state index in [0.29, 0.717) is 0 Å². The molecule has 16 heavy (non-hydrogen) atoms. The third kappa shape index (κ3) is 1.95. The molecule has 2 rings (SSSR count). The van der Waals surface area contributed by atoms with E-state index in [0.717, 1.165) is 23.3 Å². The smallest absolute Gasteiger partial charge is 0.159 e. The molecular formula is C13H16O3. The second-order valence-corrected chi connectivity index (χ2v) is 4.40. The minimum atomic E-state index is 0.0298. The summed E-state index contributed by atoms with van der Waals surface area (Å²) in [5.41, 5.74) is 1.79. The first-order valence-corrected chi connectivity index (χ1v) is 5.53. The molecule has 86 valence electrons. The van der Waals surface area contributed by atoms with Crippen molar-refractivity contribution < 1.29 is 14.6 Å². The molecule has 0 aliphatic carbocycles. The van der Waals surface area contributed by atoms with Gasteiger partial charge < -0.3 is 9.84 Å². The Labute approximate surface area is 95.0 Å². The van der Waals surface area contributed by atoms with Gasteiger partial charge in [0.1, 0.15) is 11.9 Å². The minimum Gasteiger partial charge on any atom is -0.489 e. The highest BCUT2D eigenvalue weighted by molar-refractivity contribution is 5.94. The zero-order valence-corrected chi connectivity index (χ0v) is 9.56. The lowest BCUT2D eigenvalue weighted by molar-refractivity contribution is 0.101. The first-order chi connectivity index (χ1) is 7.61. The van der Waals surface area contributed by atoms with Crippen LogP contribution in [0.2, 0.25) is 0 Å². The molecule has 0 saturated carbocycles. The third-order valence-electron chi connectivity index (χ3n) is 3.09. The molecule has 1 aromatic carbocycles. The van der Waals surface area contributed by atoms with Crippen LogP contribution in [0.3, 0.4) is 0 Å². The van der Waals surface area contributed by atoms with Gasteiger partial charge in [0, 0.05) is 24.5 Å². The highest BCUT2D eigenvalue weighted by atomic mass is 16.5. The maximum absolute atomic E-state index is 11.2. The van der Waals surface area contributed by atoms with Gasteiger partial charge in [0.2, 0.25) is 0 Å². The van der Waals surface area contributed by atoms with Crippen molar-refractivity contribution in [3.63, 3.8) is 0 Å². The number of carbonyl (C=O) groups is 1. The second-order valence-electron chi connectivity index (χ2n) is 4.40. The van der Waals surface area contributed by atoms with Crippen LogP contribution in [-0.2, 0) is 6.42 Å². The maximum Gasteiger partial charge on any atom is 0.159 e. The fourth-order valence-electron chi connectivity index (χ4n) is 1.93. The molecule has 0 fully saturated rings. The fourth-order valence-corrected chi connectivity index (χ4v) is 1.93. The van der Waals surface area contributed by atoms with Crippen LogP contribution in [0.5, 0.6) is 5.75 Å². The number of aliphatic hydroxyl groups excluding tert-OH is 1. The van der Waals surface area contributed by atoms with Crippen molar-refractivity contribution in [2.24, 2.45) is 5.92 Å². The summed E-state index contributed by atoms with van der Waals surface area (Å²) in [6, 6.07) is 5.52. The Morgan fingerprint density at radius 2 is 2.38 bits per heavy atom. The molecule has 0 bridgehead atoms. The van der Waals surface area contributed by atoms with Crippen LogP contribution in [0.15, 0.2) is 18.2 Å². The fraction of sp³-hybridized carbons (Fsp3) is 0.462. The molecule has 1 aromatic rings. The summed E-state index contributed by atoms with van der Waals surface area (Å²) in [5, 5.41) is 9.08. The van der Waals surface area contributed by atoms with Gasteiger partial charge in [0.05, 0.1) is 0 Å². The zero-order chi connectivity index (χ0) is 11.7. The lowest BCUT2D eigenvalue weighted by atomic mass is 9.99.